The van der Waals surface area contributed by atoms with E-state index in [1.807, 2.05) is 78.2 Å². The first-order chi connectivity index (χ1) is 15.2. The monoisotopic (exact) mass is 432 g/mol. The molecule has 0 fully saturated rings. The van der Waals surface area contributed by atoms with Gasteiger partial charge in [-0.1, -0.05) is 54.6 Å². The number of carbonyl (C=O) groups excluding carboxylic acids is 2. The summed E-state index contributed by atoms with van der Waals surface area (Å²) in [4.78, 5) is 30.3. The molecule has 1 unspecified atom stereocenters. The summed E-state index contributed by atoms with van der Waals surface area (Å²) in [7, 11) is 1.32. The summed E-state index contributed by atoms with van der Waals surface area (Å²) in [5.41, 5.74) is 1.62. The first-order valence-electron chi connectivity index (χ1n) is 9.64. The predicted octanol–water partition coefficient (Wildman–Crippen LogP) is 4.03. The Morgan fingerprint density at radius 2 is 1.74 bits per heavy atom. The van der Waals surface area contributed by atoms with E-state index in [4.69, 9.17) is 4.74 Å². The summed E-state index contributed by atoms with van der Waals surface area (Å²) in [5.74, 6) is -0.299. The van der Waals surface area contributed by atoms with Crippen LogP contribution >= 0.6 is 11.3 Å². The van der Waals surface area contributed by atoms with E-state index in [1.165, 1.54) is 18.4 Å². The highest BCUT2D eigenvalue weighted by Gasteiger charge is 2.24. The van der Waals surface area contributed by atoms with E-state index in [1.54, 1.807) is 4.68 Å². The highest BCUT2D eigenvalue weighted by atomic mass is 32.1. The third-order valence-corrected chi connectivity index (χ3v) is 5.62. The first kappa shape index (κ1) is 20.5. The minimum Gasteiger partial charge on any atom is -0.469 e. The van der Waals surface area contributed by atoms with Crippen LogP contribution in [-0.4, -0.2) is 33.8 Å². The molecule has 2 aromatic carbocycles. The Morgan fingerprint density at radius 1 is 1.03 bits per heavy atom. The molecule has 7 nitrogen and oxygen atoms in total. The maximum absolute atomic E-state index is 13.1. The lowest BCUT2D eigenvalue weighted by Crippen LogP contribution is -2.30. The molecule has 0 bridgehead atoms. The SMILES string of the molecule is COC(=O)CC(NC(=O)c1nc(-c2ccccc2)n(-c2ccccc2)n1)c1cccs1. The van der Waals surface area contributed by atoms with Gasteiger partial charge in [-0.05, 0) is 23.6 Å². The van der Waals surface area contributed by atoms with Gasteiger partial charge in [-0.15, -0.1) is 16.4 Å². The maximum Gasteiger partial charge on any atom is 0.307 e. The molecule has 1 N–H and O–H groups in total. The minimum absolute atomic E-state index is 0.0215. The second-order valence-electron chi connectivity index (χ2n) is 6.69. The molecule has 1 amide bonds. The van der Waals surface area contributed by atoms with Gasteiger partial charge in [0.2, 0.25) is 5.82 Å². The summed E-state index contributed by atoms with van der Waals surface area (Å²) in [6.07, 6.45) is 0.0215. The molecule has 0 spiro atoms. The molecule has 0 saturated heterocycles. The van der Waals surface area contributed by atoms with E-state index < -0.39 is 17.9 Å². The van der Waals surface area contributed by atoms with Crippen molar-refractivity contribution in [2.24, 2.45) is 0 Å². The molecule has 4 rings (SSSR count). The largest absolute Gasteiger partial charge is 0.469 e. The lowest BCUT2D eigenvalue weighted by atomic mass is 10.1. The van der Waals surface area contributed by atoms with Crippen molar-refractivity contribution in [2.45, 2.75) is 12.5 Å². The van der Waals surface area contributed by atoms with Gasteiger partial charge in [0.1, 0.15) is 0 Å². The van der Waals surface area contributed by atoms with Crippen molar-refractivity contribution in [3.63, 3.8) is 0 Å². The number of nitrogens with zero attached hydrogens (tertiary/aromatic N) is 3. The maximum atomic E-state index is 13.1. The molecule has 0 aliphatic heterocycles. The van der Waals surface area contributed by atoms with Gasteiger partial charge in [0.05, 0.1) is 25.3 Å². The molecule has 0 aliphatic carbocycles. The number of hydrogen-bond donors (Lipinski definition) is 1. The van der Waals surface area contributed by atoms with Crippen LogP contribution in [0, 0.1) is 0 Å². The molecular weight excluding hydrogens is 412 g/mol. The molecule has 4 aromatic rings. The van der Waals surface area contributed by atoms with Gasteiger partial charge < -0.3 is 10.1 Å². The zero-order chi connectivity index (χ0) is 21.6. The Balaban J connectivity index is 1.68. The van der Waals surface area contributed by atoms with E-state index in [-0.39, 0.29) is 12.2 Å². The van der Waals surface area contributed by atoms with Crippen molar-refractivity contribution >= 4 is 23.2 Å². The fraction of sp³-hybridized carbons (Fsp3) is 0.130. The van der Waals surface area contributed by atoms with Crippen LogP contribution in [0.2, 0.25) is 0 Å². The number of amides is 1. The van der Waals surface area contributed by atoms with Crippen LogP contribution in [-0.2, 0) is 9.53 Å². The molecule has 0 saturated carbocycles. The molecule has 156 valence electrons. The fourth-order valence-electron chi connectivity index (χ4n) is 3.12. The average Bonchev–Trinajstić information content (AvgIpc) is 3.50. The number of esters is 1. The van der Waals surface area contributed by atoms with Crippen molar-refractivity contribution in [1.82, 2.24) is 20.1 Å². The minimum atomic E-state index is -0.524. The normalized spacial score (nSPS) is 11.6. The molecule has 8 heteroatoms. The smallest absolute Gasteiger partial charge is 0.307 e. The van der Waals surface area contributed by atoms with Crippen molar-refractivity contribution in [3.05, 3.63) is 88.9 Å². The van der Waals surface area contributed by atoms with Crippen molar-refractivity contribution in [3.8, 4) is 17.1 Å². The standard InChI is InChI=1S/C23H20N4O3S/c1-30-20(28)15-18(19-13-8-14-31-19)24-23(29)21-25-22(16-9-4-2-5-10-16)27(26-21)17-11-6-3-7-12-17/h2-14,18H,15H2,1H3,(H,24,29). The number of nitrogens with one attached hydrogen (secondary N) is 1. The van der Waals surface area contributed by atoms with E-state index >= 15 is 0 Å². The number of para-hydroxylation sites is 1. The van der Waals surface area contributed by atoms with Crippen LogP contribution in [0.25, 0.3) is 17.1 Å². The Hall–Kier alpha value is -3.78. The van der Waals surface area contributed by atoms with Crippen molar-refractivity contribution < 1.29 is 14.3 Å². The number of hydrogen-bond acceptors (Lipinski definition) is 6. The van der Waals surface area contributed by atoms with Crippen LogP contribution in [0.3, 0.4) is 0 Å². The van der Waals surface area contributed by atoms with E-state index in [9.17, 15) is 9.59 Å². The van der Waals surface area contributed by atoms with Gasteiger partial charge in [0.15, 0.2) is 5.82 Å². The van der Waals surface area contributed by atoms with Gasteiger partial charge in [-0.25, -0.2) is 9.67 Å². The highest BCUT2D eigenvalue weighted by molar-refractivity contribution is 7.10. The first-order valence-corrected chi connectivity index (χ1v) is 10.5. The van der Waals surface area contributed by atoms with Gasteiger partial charge in [0, 0.05) is 10.4 Å². The van der Waals surface area contributed by atoms with Crippen LogP contribution in [0.4, 0.5) is 0 Å². The molecule has 31 heavy (non-hydrogen) atoms. The van der Waals surface area contributed by atoms with Gasteiger partial charge in [-0.3, -0.25) is 9.59 Å². The van der Waals surface area contributed by atoms with Gasteiger partial charge in [0.25, 0.3) is 5.91 Å². The van der Waals surface area contributed by atoms with Crippen molar-refractivity contribution in [2.75, 3.05) is 7.11 Å². The summed E-state index contributed by atoms with van der Waals surface area (Å²) < 4.78 is 6.43. The molecule has 1 atom stereocenters. The predicted molar refractivity (Wildman–Crippen MR) is 118 cm³/mol. The van der Waals surface area contributed by atoms with Crippen molar-refractivity contribution in [1.29, 1.82) is 0 Å². The lowest BCUT2D eigenvalue weighted by molar-refractivity contribution is -0.141. The van der Waals surface area contributed by atoms with Crippen LogP contribution in [0.15, 0.2) is 78.2 Å². The Morgan fingerprint density at radius 3 is 2.39 bits per heavy atom. The highest BCUT2D eigenvalue weighted by Crippen LogP contribution is 2.24. The van der Waals surface area contributed by atoms with E-state index in [0.29, 0.717) is 5.82 Å². The van der Waals surface area contributed by atoms with Gasteiger partial charge in [-0.2, -0.15) is 0 Å². The summed E-state index contributed by atoms with van der Waals surface area (Å²) in [6.45, 7) is 0. The third kappa shape index (κ3) is 4.70. The Kier molecular flexibility index (Phi) is 6.18. The Bertz CT molecular complexity index is 1100. The fourth-order valence-corrected chi connectivity index (χ4v) is 3.89. The third-order valence-electron chi connectivity index (χ3n) is 4.63. The number of benzene rings is 2. The molecule has 0 radical (unpaired) electrons. The molecule has 2 heterocycles. The van der Waals surface area contributed by atoms with Crippen LogP contribution in [0.1, 0.15) is 28.0 Å². The zero-order valence-corrected chi connectivity index (χ0v) is 17.6. The number of ether oxygens (including phenoxy) is 1. The average molecular weight is 433 g/mol. The molecular formula is C23H20N4O3S. The quantitative estimate of drug-likeness (QED) is 0.446. The van der Waals surface area contributed by atoms with Gasteiger partial charge >= 0.3 is 5.97 Å². The topological polar surface area (TPSA) is 86.1 Å². The summed E-state index contributed by atoms with van der Waals surface area (Å²) >= 11 is 1.45. The second-order valence-corrected chi connectivity index (χ2v) is 7.67. The number of aromatic nitrogens is 3. The zero-order valence-electron chi connectivity index (χ0n) is 16.8. The van der Waals surface area contributed by atoms with Crippen LogP contribution < -0.4 is 5.32 Å². The number of carbonyl (C=O) groups is 2. The molecule has 0 aliphatic rings. The Labute approximate surface area is 183 Å². The summed E-state index contributed by atoms with van der Waals surface area (Å²) in [5, 5.41) is 9.24. The number of rotatable bonds is 7. The van der Waals surface area contributed by atoms with E-state index in [0.717, 1.165) is 16.1 Å². The second kappa shape index (κ2) is 9.36. The number of methoxy groups -OCH3 is 1. The van der Waals surface area contributed by atoms with Crippen LogP contribution in [0.5, 0.6) is 0 Å². The number of thiophene rings is 1. The summed E-state index contributed by atoms with van der Waals surface area (Å²) in [6, 6.07) is 22.3. The van der Waals surface area contributed by atoms with E-state index in [2.05, 4.69) is 15.4 Å². The lowest BCUT2D eigenvalue weighted by Gasteiger charge is -2.15. The molecule has 2 aromatic heterocycles.